The lowest BCUT2D eigenvalue weighted by Gasteiger charge is -2.47. The summed E-state index contributed by atoms with van der Waals surface area (Å²) in [6.45, 7) is 3.60. The second-order valence-corrected chi connectivity index (χ2v) is 11.7. The molecule has 1 aliphatic carbocycles. The number of aryl methyl sites for hydroxylation is 1. The number of carbonyl (C=O) groups excluding carboxylic acids is 3. The van der Waals surface area contributed by atoms with Gasteiger partial charge in [0.05, 0.1) is 13.4 Å². The number of Topliss-reactive ketones (excluding diaryl/α,β-unsaturated/α-hetero) is 1. The average molecular weight is 566 g/mol. The van der Waals surface area contributed by atoms with E-state index in [9.17, 15) is 14.4 Å². The van der Waals surface area contributed by atoms with Gasteiger partial charge in [0.15, 0.2) is 0 Å². The molecular formula is C32H47N5O4. The van der Waals surface area contributed by atoms with Crippen molar-refractivity contribution in [3.8, 4) is 5.75 Å². The molecule has 1 saturated carbocycles. The summed E-state index contributed by atoms with van der Waals surface area (Å²) in [5.74, 6) is 1.46. The highest BCUT2D eigenvalue weighted by Gasteiger charge is 2.47. The zero-order chi connectivity index (χ0) is 29.2. The SMILES string of the molecule is CCCC(=O)C1(C2CCCCC2)CCN(C(=O)[C@@H](Cc2ccc(OC)cc2)NC(=O)NCCc2cncn2C)CC1. The van der Waals surface area contributed by atoms with Crippen molar-refractivity contribution in [3.63, 3.8) is 0 Å². The first-order valence-electron chi connectivity index (χ1n) is 15.3. The van der Waals surface area contributed by atoms with Crippen LogP contribution in [0.4, 0.5) is 4.79 Å². The van der Waals surface area contributed by atoms with Crippen molar-refractivity contribution in [1.29, 1.82) is 0 Å². The number of carbonyl (C=O) groups is 3. The van der Waals surface area contributed by atoms with E-state index in [0.29, 0.717) is 63.4 Å². The standard InChI is InChI=1S/C32H47N5O4/c1-4-8-29(38)32(25-9-6-5-7-10-25)16-19-37(20-17-32)30(39)28(21-24-11-13-27(41-3)14-12-24)35-31(40)34-18-15-26-22-33-23-36(26)2/h11-14,22-23,25,28H,4-10,15-21H2,1-3H3,(H2,34,35,40)/t28-/m1/s1. The number of nitrogens with zero attached hydrogens (tertiary/aromatic N) is 3. The van der Waals surface area contributed by atoms with Crippen LogP contribution in [0.15, 0.2) is 36.8 Å². The number of amides is 3. The molecule has 0 unspecified atom stereocenters. The Hall–Kier alpha value is -3.36. The van der Waals surface area contributed by atoms with E-state index in [1.807, 2.05) is 40.8 Å². The summed E-state index contributed by atoms with van der Waals surface area (Å²) in [5, 5.41) is 5.85. The minimum atomic E-state index is -0.714. The van der Waals surface area contributed by atoms with Crippen LogP contribution < -0.4 is 15.4 Å². The van der Waals surface area contributed by atoms with E-state index in [2.05, 4.69) is 22.5 Å². The number of methoxy groups -OCH3 is 1. The van der Waals surface area contributed by atoms with Gasteiger partial charge in [-0.2, -0.15) is 0 Å². The molecule has 2 N–H and O–H groups in total. The smallest absolute Gasteiger partial charge is 0.315 e. The number of hydrogen-bond acceptors (Lipinski definition) is 5. The maximum absolute atomic E-state index is 13.9. The third-order valence-corrected chi connectivity index (χ3v) is 9.17. The summed E-state index contributed by atoms with van der Waals surface area (Å²) in [5.41, 5.74) is 1.64. The van der Waals surface area contributed by atoms with E-state index >= 15 is 0 Å². The minimum Gasteiger partial charge on any atom is -0.497 e. The topological polar surface area (TPSA) is 106 Å². The third kappa shape index (κ3) is 7.68. The Balaban J connectivity index is 1.43. The molecule has 2 heterocycles. The Kier molecular flexibility index (Phi) is 10.8. The van der Waals surface area contributed by atoms with Crippen LogP contribution >= 0.6 is 0 Å². The largest absolute Gasteiger partial charge is 0.497 e. The van der Waals surface area contributed by atoms with Crippen LogP contribution in [0.1, 0.15) is 76.0 Å². The number of nitrogens with one attached hydrogen (secondary N) is 2. The molecule has 0 spiro atoms. The fourth-order valence-electron chi connectivity index (χ4n) is 6.73. The highest BCUT2D eigenvalue weighted by Crippen LogP contribution is 2.47. The average Bonchev–Trinajstić information content (AvgIpc) is 3.41. The van der Waals surface area contributed by atoms with Gasteiger partial charge >= 0.3 is 6.03 Å². The van der Waals surface area contributed by atoms with Crippen LogP contribution in [-0.4, -0.2) is 65.0 Å². The number of urea groups is 1. The van der Waals surface area contributed by atoms with Crippen LogP contribution in [0.5, 0.6) is 5.75 Å². The van der Waals surface area contributed by atoms with Crippen LogP contribution in [0.3, 0.4) is 0 Å². The van der Waals surface area contributed by atoms with Crippen molar-refractivity contribution in [2.75, 3.05) is 26.7 Å². The van der Waals surface area contributed by atoms with Gasteiger partial charge in [-0.05, 0) is 55.7 Å². The number of likely N-dealkylation sites (tertiary alicyclic amines) is 1. The van der Waals surface area contributed by atoms with Crippen molar-refractivity contribution in [2.24, 2.45) is 18.4 Å². The Bertz CT molecular complexity index is 1150. The van der Waals surface area contributed by atoms with E-state index in [1.54, 1.807) is 19.6 Å². The van der Waals surface area contributed by atoms with Gasteiger partial charge in [0, 0.05) is 63.3 Å². The van der Waals surface area contributed by atoms with Gasteiger partial charge < -0.3 is 24.8 Å². The molecular weight excluding hydrogens is 518 g/mol. The van der Waals surface area contributed by atoms with E-state index in [1.165, 1.54) is 19.3 Å². The first-order valence-corrected chi connectivity index (χ1v) is 15.3. The first kappa shape index (κ1) is 30.6. The first-order chi connectivity index (χ1) is 19.9. The normalized spacial score (nSPS) is 18.0. The molecule has 224 valence electrons. The highest BCUT2D eigenvalue weighted by molar-refractivity contribution is 5.88. The number of hydrogen-bond donors (Lipinski definition) is 2. The summed E-state index contributed by atoms with van der Waals surface area (Å²) in [4.78, 5) is 46.3. The number of aromatic nitrogens is 2. The maximum Gasteiger partial charge on any atom is 0.315 e. The van der Waals surface area contributed by atoms with Gasteiger partial charge in [0.25, 0.3) is 0 Å². The van der Waals surface area contributed by atoms with Crippen molar-refractivity contribution >= 4 is 17.7 Å². The fourth-order valence-corrected chi connectivity index (χ4v) is 6.73. The molecule has 1 aliphatic heterocycles. The van der Waals surface area contributed by atoms with Crippen LogP contribution in [0, 0.1) is 11.3 Å². The summed E-state index contributed by atoms with van der Waals surface area (Å²) < 4.78 is 7.20. The molecule has 0 bridgehead atoms. The molecule has 1 atom stereocenters. The molecule has 3 amide bonds. The summed E-state index contributed by atoms with van der Waals surface area (Å²) >= 11 is 0. The summed E-state index contributed by atoms with van der Waals surface area (Å²) in [6, 6.07) is 6.50. The van der Waals surface area contributed by atoms with E-state index in [0.717, 1.165) is 36.3 Å². The van der Waals surface area contributed by atoms with E-state index < -0.39 is 6.04 Å². The lowest BCUT2D eigenvalue weighted by Crippen LogP contribution is -2.56. The fraction of sp³-hybridized carbons (Fsp3) is 0.625. The molecule has 9 heteroatoms. The zero-order valence-corrected chi connectivity index (χ0v) is 25.0. The van der Waals surface area contributed by atoms with Gasteiger partial charge in [-0.1, -0.05) is 38.3 Å². The summed E-state index contributed by atoms with van der Waals surface area (Å²) in [7, 11) is 3.54. The maximum atomic E-state index is 13.9. The number of imidazole rings is 1. The lowest BCUT2D eigenvalue weighted by molar-refractivity contribution is -0.144. The van der Waals surface area contributed by atoms with Crippen molar-refractivity contribution < 1.29 is 19.1 Å². The van der Waals surface area contributed by atoms with Crippen molar-refractivity contribution in [3.05, 3.63) is 48.0 Å². The predicted molar refractivity (Wildman–Crippen MR) is 159 cm³/mol. The van der Waals surface area contributed by atoms with Gasteiger partial charge in [0.2, 0.25) is 5.91 Å². The minimum absolute atomic E-state index is 0.0946. The Morgan fingerprint density at radius 3 is 2.41 bits per heavy atom. The van der Waals surface area contributed by atoms with Gasteiger partial charge in [-0.25, -0.2) is 9.78 Å². The molecule has 2 aromatic rings. The number of benzene rings is 1. The van der Waals surface area contributed by atoms with Crippen molar-refractivity contribution in [2.45, 2.75) is 83.6 Å². The van der Waals surface area contributed by atoms with E-state index in [4.69, 9.17) is 4.74 Å². The molecule has 1 aromatic carbocycles. The predicted octanol–water partition coefficient (Wildman–Crippen LogP) is 4.44. The molecule has 41 heavy (non-hydrogen) atoms. The molecule has 4 rings (SSSR count). The van der Waals surface area contributed by atoms with Gasteiger partial charge in [-0.15, -0.1) is 0 Å². The van der Waals surface area contributed by atoms with Crippen LogP contribution in [0.2, 0.25) is 0 Å². The van der Waals surface area contributed by atoms with Gasteiger partial charge in [0.1, 0.15) is 17.6 Å². The molecule has 9 nitrogen and oxygen atoms in total. The number of piperidine rings is 1. The van der Waals surface area contributed by atoms with E-state index in [-0.39, 0.29) is 17.4 Å². The summed E-state index contributed by atoms with van der Waals surface area (Å²) in [6.07, 6.45) is 13.3. The van der Waals surface area contributed by atoms with Crippen LogP contribution in [-0.2, 0) is 29.5 Å². The quantitative estimate of drug-likeness (QED) is 0.396. The molecule has 2 aliphatic rings. The monoisotopic (exact) mass is 565 g/mol. The Morgan fingerprint density at radius 1 is 1.10 bits per heavy atom. The van der Waals surface area contributed by atoms with Gasteiger partial charge in [-0.3, -0.25) is 9.59 Å². The Labute approximate surface area is 244 Å². The molecule has 0 radical (unpaired) electrons. The second-order valence-electron chi connectivity index (χ2n) is 11.7. The third-order valence-electron chi connectivity index (χ3n) is 9.17. The lowest BCUT2D eigenvalue weighted by atomic mass is 9.61. The molecule has 1 saturated heterocycles. The second kappa shape index (κ2) is 14.5. The van der Waals surface area contributed by atoms with Crippen LogP contribution in [0.25, 0.3) is 0 Å². The number of ether oxygens (including phenoxy) is 1. The molecule has 1 aromatic heterocycles. The highest BCUT2D eigenvalue weighted by atomic mass is 16.5. The van der Waals surface area contributed by atoms with Crippen molar-refractivity contribution in [1.82, 2.24) is 25.1 Å². The number of rotatable bonds is 12. The Morgan fingerprint density at radius 2 is 1.80 bits per heavy atom. The number of ketones is 1. The zero-order valence-electron chi connectivity index (χ0n) is 25.0. The molecule has 2 fully saturated rings.